The van der Waals surface area contributed by atoms with E-state index in [2.05, 4.69) is 5.32 Å². The van der Waals surface area contributed by atoms with Crippen LogP contribution in [0, 0.1) is 11.6 Å². The molecule has 0 bridgehead atoms. The van der Waals surface area contributed by atoms with Crippen LogP contribution < -0.4 is 5.32 Å². The fourth-order valence-electron chi connectivity index (χ4n) is 1.53. The third-order valence-electron chi connectivity index (χ3n) is 2.47. The summed E-state index contributed by atoms with van der Waals surface area (Å²) in [6.07, 6.45) is 0.814. The van der Waals surface area contributed by atoms with E-state index in [0.29, 0.717) is 12.3 Å². The van der Waals surface area contributed by atoms with Gasteiger partial charge in [-0.15, -0.1) is 0 Å². The summed E-state index contributed by atoms with van der Waals surface area (Å²) < 4.78 is 31.7. The van der Waals surface area contributed by atoms with Gasteiger partial charge in [-0.1, -0.05) is 13.0 Å². The highest BCUT2D eigenvalue weighted by atomic mass is 19.2. The van der Waals surface area contributed by atoms with Crippen molar-refractivity contribution in [2.45, 2.75) is 19.9 Å². The normalized spacial score (nSPS) is 10.5. The van der Waals surface area contributed by atoms with Crippen molar-refractivity contribution in [3.63, 3.8) is 0 Å². The number of nitrogens with one attached hydrogen (secondary N) is 1. The molecule has 0 aliphatic carbocycles. The van der Waals surface area contributed by atoms with Crippen molar-refractivity contribution in [1.29, 1.82) is 0 Å². The van der Waals surface area contributed by atoms with Gasteiger partial charge in [-0.3, -0.25) is 0 Å². The second kappa shape index (κ2) is 4.99. The number of halogens is 2. The Hall–Kier alpha value is -1.84. The molecule has 1 aromatic heterocycles. The number of benzene rings is 1. The molecule has 0 unspecified atom stereocenters. The molecule has 0 radical (unpaired) electrons. The van der Waals surface area contributed by atoms with Gasteiger partial charge in [0.15, 0.2) is 11.6 Å². The zero-order valence-corrected chi connectivity index (χ0v) is 9.47. The van der Waals surface area contributed by atoms with Crippen molar-refractivity contribution in [3.8, 4) is 0 Å². The lowest BCUT2D eigenvalue weighted by Crippen LogP contribution is -2.01. The Morgan fingerprint density at radius 1 is 1.12 bits per heavy atom. The molecule has 1 aromatic carbocycles. The van der Waals surface area contributed by atoms with Gasteiger partial charge in [0.25, 0.3) is 0 Å². The molecule has 0 saturated carbocycles. The van der Waals surface area contributed by atoms with Gasteiger partial charge < -0.3 is 9.73 Å². The molecule has 17 heavy (non-hydrogen) atoms. The predicted octanol–water partition coefficient (Wildman–Crippen LogP) is 3.73. The van der Waals surface area contributed by atoms with E-state index in [4.69, 9.17) is 4.42 Å². The van der Waals surface area contributed by atoms with E-state index < -0.39 is 11.6 Å². The summed E-state index contributed by atoms with van der Waals surface area (Å²) >= 11 is 0. The highest BCUT2D eigenvalue weighted by Crippen LogP contribution is 2.18. The van der Waals surface area contributed by atoms with Crippen molar-refractivity contribution < 1.29 is 13.2 Å². The van der Waals surface area contributed by atoms with Crippen LogP contribution in [0.4, 0.5) is 14.5 Å². The largest absolute Gasteiger partial charge is 0.464 e. The Kier molecular flexibility index (Phi) is 3.42. The zero-order chi connectivity index (χ0) is 12.3. The van der Waals surface area contributed by atoms with Crippen LogP contribution in [0.2, 0.25) is 0 Å². The lowest BCUT2D eigenvalue weighted by Gasteiger charge is -2.05. The van der Waals surface area contributed by atoms with Crippen molar-refractivity contribution in [1.82, 2.24) is 0 Å². The topological polar surface area (TPSA) is 25.2 Å². The maximum Gasteiger partial charge on any atom is 0.181 e. The first-order valence-corrected chi connectivity index (χ1v) is 5.46. The first-order valence-electron chi connectivity index (χ1n) is 5.46. The van der Waals surface area contributed by atoms with Gasteiger partial charge in [-0.25, -0.2) is 8.78 Å². The summed E-state index contributed by atoms with van der Waals surface area (Å²) in [4.78, 5) is 0. The number of rotatable bonds is 4. The molecule has 1 N–H and O–H groups in total. The first-order chi connectivity index (χ1) is 8.20. The molecule has 0 amide bonds. The molecule has 0 saturated heterocycles. The Morgan fingerprint density at radius 2 is 1.88 bits per heavy atom. The molecule has 0 fully saturated rings. The Morgan fingerprint density at radius 3 is 2.59 bits per heavy atom. The molecule has 4 heteroatoms. The van der Waals surface area contributed by atoms with Gasteiger partial charge in [0.05, 0.1) is 12.2 Å². The number of furan rings is 1. The zero-order valence-electron chi connectivity index (χ0n) is 9.47. The Bertz CT molecular complexity index is 508. The minimum Gasteiger partial charge on any atom is -0.464 e. The van der Waals surface area contributed by atoms with Crippen LogP contribution in [-0.2, 0) is 13.0 Å². The second-order valence-corrected chi connectivity index (χ2v) is 3.68. The Labute approximate surface area is 98.3 Å². The van der Waals surface area contributed by atoms with Gasteiger partial charge >= 0.3 is 0 Å². The maximum absolute atomic E-state index is 13.3. The van der Waals surface area contributed by atoms with Gasteiger partial charge in [0, 0.05) is 6.42 Å². The summed E-state index contributed by atoms with van der Waals surface area (Å²) in [7, 11) is 0. The molecule has 0 spiro atoms. The summed E-state index contributed by atoms with van der Waals surface area (Å²) in [5, 5.41) is 2.80. The van der Waals surface area contributed by atoms with E-state index in [0.717, 1.165) is 18.2 Å². The van der Waals surface area contributed by atoms with Crippen molar-refractivity contribution in [3.05, 3.63) is 53.5 Å². The smallest absolute Gasteiger partial charge is 0.181 e. The summed E-state index contributed by atoms with van der Waals surface area (Å²) in [5.41, 5.74) is 0.138. The predicted molar refractivity (Wildman–Crippen MR) is 61.8 cm³/mol. The second-order valence-electron chi connectivity index (χ2n) is 3.68. The summed E-state index contributed by atoms with van der Waals surface area (Å²) in [6, 6.07) is 7.73. The van der Waals surface area contributed by atoms with Gasteiger partial charge in [-0.2, -0.15) is 0 Å². The lowest BCUT2D eigenvalue weighted by atomic mass is 10.3. The van der Waals surface area contributed by atoms with Crippen LogP contribution in [0.1, 0.15) is 18.4 Å². The van der Waals surface area contributed by atoms with Gasteiger partial charge in [0.1, 0.15) is 11.5 Å². The number of anilines is 1. The standard InChI is InChI=1S/C13H13F2NO/c1-2-9-6-7-10(17-9)8-16-12-5-3-4-11(14)13(12)15/h3-7,16H,2,8H2,1H3. The molecule has 0 aliphatic rings. The number of aryl methyl sites for hydroxylation is 1. The highest BCUT2D eigenvalue weighted by Gasteiger charge is 2.07. The van der Waals surface area contributed by atoms with Crippen molar-refractivity contribution in [2.24, 2.45) is 0 Å². The molecular formula is C13H13F2NO. The quantitative estimate of drug-likeness (QED) is 0.876. The van der Waals surface area contributed by atoms with E-state index in [1.165, 1.54) is 12.1 Å². The summed E-state index contributed by atoms with van der Waals surface area (Å²) in [5.74, 6) is -0.148. The highest BCUT2D eigenvalue weighted by molar-refractivity contribution is 5.45. The van der Waals surface area contributed by atoms with Crippen LogP contribution in [-0.4, -0.2) is 0 Å². The van der Waals surface area contributed by atoms with Crippen molar-refractivity contribution >= 4 is 5.69 Å². The van der Waals surface area contributed by atoms with Crippen LogP contribution in [0.3, 0.4) is 0 Å². The van der Waals surface area contributed by atoms with E-state index in [9.17, 15) is 8.78 Å². The fourth-order valence-corrected chi connectivity index (χ4v) is 1.53. The average molecular weight is 237 g/mol. The summed E-state index contributed by atoms with van der Waals surface area (Å²) in [6.45, 7) is 2.32. The van der Waals surface area contributed by atoms with Crippen LogP contribution in [0.5, 0.6) is 0 Å². The van der Waals surface area contributed by atoms with Crippen LogP contribution >= 0.6 is 0 Å². The first kappa shape index (κ1) is 11.6. The van der Waals surface area contributed by atoms with E-state index in [1.54, 1.807) is 0 Å². The fraction of sp³-hybridized carbons (Fsp3) is 0.231. The van der Waals surface area contributed by atoms with Gasteiger partial charge in [0.2, 0.25) is 0 Å². The maximum atomic E-state index is 13.3. The van der Waals surface area contributed by atoms with E-state index in [-0.39, 0.29) is 5.69 Å². The third kappa shape index (κ3) is 2.64. The lowest BCUT2D eigenvalue weighted by molar-refractivity contribution is 0.474. The molecule has 2 nitrogen and oxygen atoms in total. The molecule has 90 valence electrons. The van der Waals surface area contributed by atoms with E-state index >= 15 is 0 Å². The van der Waals surface area contributed by atoms with Gasteiger partial charge in [-0.05, 0) is 24.3 Å². The molecule has 2 aromatic rings. The Balaban J connectivity index is 2.04. The SMILES string of the molecule is CCc1ccc(CNc2cccc(F)c2F)o1. The third-order valence-corrected chi connectivity index (χ3v) is 2.47. The van der Waals surface area contributed by atoms with E-state index in [1.807, 2.05) is 19.1 Å². The van der Waals surface area contributed by atoms with Crippen LogP contribution in [0.15, 0.2) is 34.7 Å². The molecule has 0 aliphatic heterocycles. The average Bonchev–Trinajstić information content (AvgIpc) is 2.79. The molecule has 0 atom stereocenters. The number of hydrogen-bond donors (Lipinski definition) is 1. The van der Waals surface area contributed by atoms with Crippen LogP contribution in [0.25, 0.3) is 0 Å². The molecular weight excluding hydrogens is 224 g/mol. The number of hydrogen-bond acceptors (Lipinski definition) is 2. The molecule has 2 rings (SSSR count). The van der Waals surface area contributed by atoms with Crippen molar-refractivity contribution in [2.75, 3.05) is 5.32 Å². The minimum absolute atomic E-state index is 0.138. The monoisotopic (exact) mass is 237 g/mol. The minimum atomic E-state index is -0.866. The molecule has 1 heterocycles.